The van der Waals surface area contributed by atoms with Crippen LogP contribution in [0.15, 0.2) is 24.5 Å². The summed E-state index contributed by atoms with van der Waals surface area (Å²) in [5.41, 5.74) is -0.633. The Bertz CT molecular complexity index is 1050. The van der Waals surface area contributed by atoms with Crippen molar-refractivity contribution in [2.75, 3.05) is 37.6 Å². The van der Waals surface area contributed by atoms with E-state index in [0.29, 0.717) is 12.2 Å². The van der Waals surface area contributed by atoms with Gasteiger partial charge >= 0.3 is 6.18 Å². The first-order chi connectivity index (χ1) is 15.2. The molecule has 2 N–H and O–H groups in total. The van der Waals surface area contributed by atoms with Gasteiger partial charge in [0.05, 0.1) is 30.9 Å². The molecule has 2 saturated heterocycles. The second-order valence-electron chi connectivity index (χ2n) is 7.85. The Morgan fingerprint density at radius 3 is 2.72 bits per heavy atom. The number of nitrogens with zero attached hydrogens (tertiary/aromatic N) is 4. The first kappa shape index (κ1) is 22.2. The van der Waals surface area contributed by atoms with Gasteiger partial charge in [-0.25, -0.2) is 4.39 Å². The zero-order valence-electron chi connectivity index (χ0n) is 16.8. The minimum Gasteiger partial charge on any atom is -0.364 e. The number of fused-ring (bicyclic) bond motifs is 1. The summed E-state index contributed by atoms with van der Waals surface area (Å²) in [6, 6.07) is 4.90. The van der Waals surface area contributed by atoms with Crippen LogP contribution in [0.1, 0.15) is 12.0 Å². The lowest BCUT2D eigenvalue weighted by Gasteiger charge is -2.39. The summed E-state index contributed by atoms with van der Waals surface area (Å²) < 4.78 is 60.3. The Morgan fingerprint density at radius 2 is 2.06 bits per heavy atom. The van der Waals surface area contributed by atoms with Crippen LogP contribution in [0.3, 0.4) is 0 Å². The lowest BCUT2D eigenvalue weighted by atomic mass is 10.1. The predicted octanol–water partition coefficient (Wildman–Crippen LogP) is 1.46. The van der Waals surface area contributed by atoms with E-state index in [1.807, 2.05) is 6.07 Å². The molecule has 0 aliphatic carbocycles. The molecule has 170 valence electrons. The lowest BCUT2D eigenvalue weighted by molar-refractivity contribution is -0.234. The van der Waals surface area contributed by atoms with Crippen molar-refractivity contribution in [3.05, 3.63) is 30.1 Å². The molecule has 0 radical (unpaired) electrons. The van der Waals surface area contributed by atoms with Gasteiger partial charge in [-0.2, -0.15) is 18.4 Å². The highest BCUT2D eigenvalue weighted by Gasteiger charge is 2.48. The smallest absolute Gasteiger partial charge is 0.364 e. The van der Waals surface area contributed by atoms with Gasteiger partial charge in [0.15, 0.2) is 12.2 Å². The van der Waals surface area contributed by atoms with Crippen LogP contribution in [-0.4, -0.2) is 72.7 Å². The molecular weight excluding hydrogens is 432 g/mol. The lowest BCUT2D eigenvalue weighted by Crippen LogP contribution is -2.58. The largest absolute Gasteiger partial charge is 0.416 e. The van der Waals surface area contributed by atoms with E-state index in [0.717, 1.165) is 0 Å². The summed E-state index contributed by atoms with van der Waals surface area (Å²) in [4.78, 5) is 22.3. The predicted molar refractivity (Wildman–Crippen MR) is 106 cm³/mol. The van der Waals surface area contributed by atoms with Crippen LogP contribution in [0, 0.1) is 11.3 Å². The summed E-state index contributed by atoms with van der Waals surface area (Å²) in [7, 11) is 0. The Labute approximate surface area is 180 Å². The standard InChI is InChI=1S/C20H20F4N6O2/c21-19(3-4-26-10-19)11-29-18(31)14-8-30(9-15(32-14)20(22,23)24)13-2-1-12(7-25)16-17(13)28-6-5-27-16/h1-2,5-6,14-15,26H,3-4,8-11H2,(H,29,31)/t14-,15+,19-/m1/s1. The van der Waals surface area contributed by atoms with Crippen LogP contribution in [0.2, 0.25) is 0 Å². The van der Waals surface area contributed by atoms with Gasteiger partial charge < -0.3 is 20.3 Å². The summed E-state index contributed by atoms with van der Waals surface area (Å²) in [5.74, 6) is -0.822. The van der Waals surface area contributed by atoms with Crippen molar-refractivity contribution in [1.82, 2.24) is 20.6 Å². The molecule has 2 aromatic rings. The van der Waals surface area contributed by atoms with E-state index in [1.54, 1.807) is 0 Å². The molecule has 0 bridgehead atoms. The van der Waals surface area contributed by atoms with Gasteiger partial charge in [0.1, 0.15) is 22.8 Å². The fourth-order valence-electron chi connectivity index (χ4n) is 3.89. The van der Waals surface area contributed by atoms with Crippen molar-refractivity contribution in [1.29, 1.82) is 5.26 Å². The van der Waals surface area contributed by atoms with Crippen LogP contribution in [0.4, 0.5) is 23.2 Å². The fourth-order valence-corrected chi connectivity index (χ4v) is 3.89. The number of amides is 1. The maximum absolute atomic E-state index is 14.5. The average Bonchev–Trinajstić information content (AvgIpc) is 3.22. The highest BCUT2D eigenvalue weighted by atomic mass is 19.4. The van der Waals surface area contributed by atoms with E-state index in [1.165, 1.54) is 29.4 Å². The summed E-state index contributed by atoms with van der Waals surface area (Å²) in [6.45, 7) is -0.564. The van der Waals surface area contributed by atoms with Crippen molar-refractivity contribution >= 4 is 22.6 Å². The molecule has 2 aliphatic rings. The van der Waals surface area contributed by atoms with Crippen molar-refractivity contribution < 1.29 is 27.1 Å². The SMILES string of the molecule is N#Cc1ccc(N2C[C@@H](C(F)(F)F)O[C@@H](C(=O)NC[C@@]3(F)CCNC3)C2)c2nccnc12. The number of aromatic nitrogens is 2. The number of alkyl halides is 4. The van der Waals surface area contributed by atoms with Crippen LogP contribution >= 0.6 is 0 Å². The minimum atomic E-state index is -4.72. The quantitative estimate of drug-likeness (QED) is 0.677. The van der Waals surface area contributed by atoms with E-state index in [9.17, 15) is 27.6 Å². The number of rotatable bonds is 4. The first-order valence-corrected chi connectivity index (χ1v) is 9.98. The van der Waals surface area contributed by atoms with Crippen LogP contribution in [0.5, 0.6) is 0 Å². The zero-order valence-corrected chi connectivity index (χ0v) is 16.8. The molecule has 8 nitrogen and oxygen atoms in total. The maximum Gasteiger partial charge on any atom is 0.416 e. The summed E-state index contributed by atoms with van der Waals surface area (Å²) in [5, 5.41) is 14.5. The van der Waals surface area contributed by atoms with E-state index in [2.05, 4.69) is 20.6 Å². The third-order valence-electron chi connectivity index (χ3n) is 5.59. The summed E-state index contributed by atoms with van der Waals surface area (Å²) >= 11 is 0. The second-order valence-corrected chi connectivity index (χ2v) is 7.85. The maximum atomic E-state index is 14.5. The number of nitrogens with one attached hydrogen (secondary N) is 2. The molecule has 32 heavy (non-hydrogen) atoms. The number of carbonyl (C=O) groups is 1. The number of hydrogen-bond donors (Lipinski definition) is 2. The number of carbonyl (C=O) groups excluding carboxylic acids is 1. The molecule has 12 heteroatoms. The number of halogens is 4. The van der Waals surface area contributed by atoms with Crippen LogP contribution < -0.4 is 15.5 Å². The Morgan fingerprint density at radius 1 is 1.31 bits per heavy atom. The van der Waals surface area contributed by atoms with Crippen molar-refractivity contribution in [3.8, 4) is 6.07 Å². The number of ether oxygens (including phenoxy) is 1. The molecule has 2 fully saturated rings. The van der Waals surface area contributed by atoms with Gasteiger partial charge in [0.25, 0.3) is 5.91 Å². The van der Waals surface area contributed by atoms with E-state index < -0.39 is 36.5 Å². The molecular formula is C20H20F4N6O2. The molecule has 2 aliphatic heterocycles. The number of nitriles is 1. The van der Waals surface area contributed by atoms with Gasteiger partial charge in [-0.3, -0.25) is 14.8 Å². The Hall–Kier alpha value is -3.04. The van der Waals surface area contributed by atoms with Gasteiger partial charge in [0, 0.05) is 18.9 Å². The van der Waals surface area contributed by atoms with Crippen LogP contribution in [0.25, 0.3) is 11.0 Å². The van der Waals surface area contributed by atoms with Gasteiger partial charge in [-0.1, -0.05) is 0 Å². The third kappa shape index (κ3) is 4.44. The summed E-state index contributed by atoms with van der Waals surface area (Å²) in [6.07, 6.45) is -5.48. The fraction of sp³-hybridized carbons (Fsp3) is 0.500. The highest BCUT2D eigenvalue weighted by Crippen LogP contribution is 2.33. The Balaban J connectivity index is 1.61. The number of anilines is 1. The molecule has 0 saturated carbocycles. The van der Waals surface area contributed by atoms with E-state index in [-0.39, 0.29) is 42.7 Å². The monoisotopic (exact) mass is 452 g/mol. The number of hydrogen-bond acceptors (Lipinski definition) is 7. The van der Waals surface area contributed by atoms with E-state index >= 15 is 0 Å². The third-order valence-corrected chi connectivity index (χ3v) is 5.59. The van der Waals surface area contributed by atoms with Gasteiger partial charge in [-0.15, -0.1) is 0 Å². The second kappa shape index (κ2) is 8.48. The normalized spacial score (nSPS) is 26.2. The molecule has 1 aromatic heterocycles. The Kier molecular flexibility index (Phi) is 5.87. The molecule has 4 rings (SSSR count). The molecule has 0 unspecified atom stereocenters. The first-order valence-electron chi connectivity index (χ1n) is 9.98. The number of morpholine rings is 1. The number of benzene rings is 1. The topological polar surface area (TPSA) is 103 Å². The minimum absolute atomic E-state index is 0.0615. The molecule has 1 amide bonds. The van der Waals surface area contributed by atoms with Crippen molar-refractivity contribution in [3.63, 3.8) is 0 Å². The molecule has 3 heterocycles. The van der Waals surface area contributed by atoms with Crippen molar-refractivity contribution in [2.45, 2.75) is 30.5 Å². The zero-order chi connectivity index (χ0) is 22.9. The van der Waals surface area contributed by atoms with Crippen molar-refractivity contribution in [2.24, 2.45) is 0 Å². The van der Waals surface area contributed by atoms with E-state index in [4.69, 9.17) is 4.74 Å². The van der Waals surface area contributed by atoms with Crippen LogP contribution in [-0.2, 0) is 9.53 Å². The molecule has 3 atom stereocenters. The van der Waals surface area contributed by atoms with Gasteiger partial charge in [0.2, 0.25) is 0 Å². The average molecular weight is 452 g/mol. The van der Waals surface area contributed by atoms with Gasteiger partial charge in [-0.05, 0) is 25.1 Å². The molecule has 1 aromatic carbocycles. The highest BCUT2D eigenvalue weighted by molar-refractivity contribution is 5.92. The molecule has 0 spiro atoms.